The Labute approximate surface area is 201 Å². The summed E-state index contributed by atoms with van der Waals surface area (Å²) in [6.45, 7) is 0. The molecule has 1 aromatic carbocycles. The molecule has 5 rings (SSSR count). The van der Waals surface area contributed by atoms with Crippen molar-refractivity contribution < 1.29 is 19.4 Å². The van der Waals surface area contributed by atoms with Gasteiger partial charge in [-0.3, -0.25) is 9.78 Å². The van der Waals surface area contributed by atoms with Gasteiger partial charge in [0.25, 0.3) is 5.91 Å². The normalized spacial score (nSPS) is 13.7. The van der Waals surface area contributed by atoms with Crippen LogP contribution in [0.4, 0.5) is 11.6 Å². The van der Waals surface area contributed by atoms with Gasteiger partial charge in [0.1, 0.15) is 23.3 Å². The van der Waals surface area contributed by atoms with Crippen molar-refractivity contribution in [3.8, 4) is 28.5 Å². The molecule has 0 bridgehead atoms. The SMILES string of the molecule is CNC(=O)c1ccc(Nc2nc(OC3CCCC3)c3c(-c4cncc(O)c4)c[nH]c3n2)c(OC)c1. The van der Waals surface area contributed by atoms with Crippen LogP contribution < -0.4 is 20.1 Å². The van der Waals surface area contributed by atoms with E-state index >= 15 is 0 Å². The first-order chi connectivity index (χ1) is 17.1. The van der Waals surface area contributed by atoms with Gasteiger partial charge >= 0.3 is 0 Å². The number of nitrogens with zero attached hydrogens (tertiary/aromatic N) is 3. The molecule has 4 N–H and O–H groups in total. The molecule has 0 spiro atoms. The molecule has 3 aromatic heterocycles. The van der Waals surface area contributed by atoms with Crippen LogP contribution in [0.15, 0.2) is 42.9 Å². The highest BCUT2D eigenvalue weighted by atomic mass is 16.5. The molecular weight excluding hydrogens is 448 g/mol. The predicted molar refractivity (Wildman–Crippen MR) is 131 cm³/mol. The summed E-state index contributed by atoms with van der Waals surface area (Å²) in [5, 5.41) is 16.4. The zero-order valence-electron chi connectivity index (χ0n) is 19.5. The second kappa shape index (κ2) is 9.49. The number of carbonyl (C=O) groups is 1. The Hall–Kier alpha value is -4.34. The van der Waals surface area contributed by atoms with Gasteiger partial charge in [-0.15, -0.1) is 0 Å². The van der Waals surface area contributed by atoms with Gasteiger partial charge in [-0.2, -0.15) is 9.97 Å². The van der Waals surface area contributed by atoms with Crippen molar-refractivity contribution >= 4 is 28.6 Å². The van der Waals surface area contributed by atoms with E-state index in [-0.39, 0.29) is 17.8 Å². The fourth-order valence-electron chi connectivity index (χ4n) is 4.31. The Morgan fingerprint density at radius 1 is 1.17 bits per heavy atom. The highest BCUT2D eigenvalue weighted by Gasteiger charge is 2.23. The topological polar surface area (TPSA) is 134 Å². The van der Waals surface area contributed by atoms with Crippen molar-refractivity contribution in [1.29, 1.82) is 0 Å². The Bertz CT molecular complexity index is 1380. The number of nitrogens with one attached hydrogen (secondary N) is 3. The highest BCUT2D eigenvalue weighted by molar-refractivity contribution is 5.98. The average Bonchev–Trinajstić information content (AvgIpc) is 3.54. The van der Waals surface area contributed by atoms with Gasteiger partial charge in [0.2, 0.25) is 11.8 Å². The van der Waals surface area contributed by atoms with Crippen molar-refractivity contribution in [3.05, 3.63) is 48.4 Å². The van der Waals surface area contributed by atoms with Gasteiger partial charge in [-0.05, 0) is 49.9 Å². The number of ether oxygens (including phenoxy) is 2. The maximum absolute atomic E-state index is 12.0. The largest absolute Gasteiger partial charge is 0.506 e. The van der Waals surface area contributed by atoms with Crippen LogP contribution in [-0.2, 0) is 0 Å². The van der Waals surface area contributed by atoms with E-state index in [0.717, 1.165) is 42.2 Å². The molecule has 0 aliphatic heterocycles. The molecule has 1 fully saturated rings. The molecule has 0 atom stereocenters. The summed E-state index contributed by atoms with van der Waals surface area (Å²) in [5.41, 5.74) is 3.18. The summed E-state index contributed by atoms with van der Waals surface area (Å²) in [4.78, 5) is 28.6. The fourth-order valence-corrected chi connectivity index (χ4v) is 4.31. The minimum atomic E-state index is -0.208. The number of methoxy groups -OCH3 is 1. The van der Waals surface area contributed by atoms with Gasteiger partial charge in [0.15, 0.2) is 0 Å². The zero-order valence-corrected chi connectivity index (χ0v) is 19.5. The zero-order chi connectivity index (χ0) is 24.4. The highest BCUT2D eigenvalue weighted by Crippen LogP contribution is 2.37. The maximum Gasteiger partial charge on any atom is 0.251 e. The van der Waals surface area contributed by atoms with Gasteiger partial charge < -0.3 is 30.2 Å². The Morgan fingerprint density at radius 3 is 2.74 bits per heavy atom. The average molecular weight is 475 g/mol. The third kappa shape index (κ3) is 4.54. The second-order valence-corrected chi connectivity index (χ2v) is 8.35. The molecule has 1 amide bonds. The Balaban J connectivity index is 1.56. The molecule has 180 valence electrons. The first-order valence-corrected chi connectivity index (χ1v) is 11.4. The molecule has 4 aromatic rings. The number of benzene rings is 1. The number of H-pyrrole nitrogens is 1. The van der Waals surface area contributed by atoms with E-state index in [1.165, 1.54) is 13.3 Å². The van der Waals surface area contributed by atoms with E-state index in [9.17, 15) is 9.90 Å². The second-order valence-electron chi connectivity index (χ2n) is 8.35. The lowest BCUT2D eigenvalue weighted by Crippen LogP contribution is -2.17. The quantitative estimate of drug-likeness (QED) is 0.314. The number of hydrogen-bond donors (Lipinski definition) is 4. The van der Waals surface area contributed by atoms with E-state index < -0.39 is 0 Å². The summed E-state index contributed by atoms with van der Waals surface area (Å²) >= 11 is 0. The molecule has 0 saturated heterocycles. The third-order valence-corrected chi connectivity index (χ3v) is 6.05. The summed E-state index contributed by atoms with van der Waals surface area (Å²) in [6, 6.07) is 6.73. The third-order valence-electron chi connectivity index (χ3n) is 6.05. The molecule has 35 heavy (non-hydrogen) atoms. The van der Waals surface area contributed by atoms with Gasteiger partial charge in [-0.25, -0.2) is 0 Å². The number of fused-ring (bicyclic) bond motifs is 1. The van der Waals surface area contributed by atoms with Crippen LogP contribution in [0.1, 0.15) is 36.0 Å². The molecule has 0 radical (unpaired) electrons. The standard InChI is InChI=1S/C25H26N6O4/c1-26-23(33)14-7-8-19(20(10-14)34-2)29-25-30-22-21(24(31-25)35-17-5-3-4-6-17)18(13-28-22)15-9-16(32)12-27-11-15/h7-13,17,32H,3-6H2,1-2H3,(H,26,33)(H2,28,29,30,31). The molecule has 1 aliphatic carbocycles. The molecular formula is C25H26N6O4. The van der Waals surface area contributed by atoms with E-state index in [4.69, 9.17) is 14.5 Å². The molecule has 10 heteroatoms. The minimum absolute atomic E-state index is 0.0709. The van der Waals surface area contributed by atoms with Crippen LogP contribution in [0.5, 0.6) is 17.4 Å². The number of anilines is 2. The summed E-state index contributed by atoms with van der Waals surface area (Å²) in [7, 11) is 3.11. The lowest BCUT2D eigenvalue weighted by molar-refractivity contribution is 0.0962. The molecule has 0 unspecified atom stereocenters. The van der Waals surface area contributed by atoms with E-state index in [0.29, 0.717) is 34.5 Å². The molecule has 1 aliphatic rings. The van der Waals surface area contributed by atoms with Crippen molar-refractivity contribution in [2.45, 2.75) is 31.8 Å². The lowest BCUT2D eigenvalue weighted by atomic mass is 10.1. The number of hydrogen-bond acceptors (Lipinski definition) is 8. The summed E-state index contributed by atoms with van der Waals surface area (Å²) < 4.78 is 11.8. The van der Waals surface area contributed by atoms with E-state index in [1.54, 1.807) is 43.7 Å². The van der Waals surface area contributed by atoms with Crippen LogP contribution in [0, 0.1) is 0 Å². The number of aromatic hydroxyl groups is 1. The van der Waals surface area contributed by atoms with Gasteiger partial charge in [0, 0.05) is 36.1 Å². The predicted octanol–water partition coefficient (Wildman–Crippen LogP) is 4.16. The monoisotopic (exact) mass is 474 g/mol. The number of aromatic nitrogens is 4. The minimum Gasteiger partial charge on any atom is -0.506 e. The van der Waals surface area contributed by atoms with Crippen molar-refractivity contribution in [3.63, 3.8) is 0 Å². The summed E-state index contributed by atoms with van der Waals surface area (Å²) in [5.74, 6) is 1.11. The lowest BCUT2D eigenvalue weighted by Gasteiger charge is -2.16. The van der Waals surface area contributed by atoms with Gasteiger partial charge in [-0.1, -0.05) is 0 Å². The Kier molecular flexibility index (Phi) is 6.09. The van der Waals surface area contributed by atoms with Crippen LogP contribution in [0.2, 0.25) is 0 Å². The van der Waals surface area contributed by atoms with Crippen molar-refractivity contribution in [2.24, 2.45) is 0 Å². The fraction of sp³-hybridized carbons (Fsp3) is 0.280. The number of carbonyl (C=O) groups excluding carboxylic acids is 1. The number of amides is 1. The van der Waals surface area contributed by atoms with Crippen LogP contribution >= 0.6 is 0 Å². The van der Waals surface area contributed by atoms with Crippen molar-refractivity contribution in [1.82, 2.24) is 25.3 Å². The maximum atomic E-state index is 12.0. The van der Waals surface area contributed by atoms with Crippen LogP contribution in [0.3, 0.4) is 0 Å². The van der Waals surface area contributed by atoms with Crippen LogP contribution in [-0.4, -0.2) is 51.2 Å². The molecule has 10 nitrogen and oxygen atoms in total. The van der Waals surface area contributed by atoms with Crippen molar-refractivity contribution in [2.75, 3.05) is 19.5 Å². The first kappa shape index (κ1) is 22.5. The van der Waals surface area contributed by atoms with E-state index in [1.807, 2.05) is 0 Å². The first-order valence-electron chi connectivity index (χ1n) is 11.4. The number of aromatic amines is 1. The molecule has 1 saturated carbocycles. The van der Waals surface area contributed by atoms with E-state index in [2.05, 4.69) is 25.6 Å². The van der Waals surface area contributed by atoms with Gasteiger partial charge in [0.05, 0.1) is 24.4 Å². The Morgan fingerprint density at radius 2 is 2.00 bits per heavy atom. The smallest absolute Gasteiger partial charge is 0.251 e. The van der Waals surface area contributed by atoms with Crippen LogP contribution in [0.25, 0.3) is 22.2 Å². The number of pyridine rings is 1. The summed E-state index contributed by atoms with van der Waals surface area (Å²) in [6.07, 6.45) is 9.12. The molecule has 3 heterocycles. The number of rotatable bonds is 7.